The van der Waals surface area contributed by atoms with Crippen molar-refractivity contribution in [2.24, 2.45) is 35.5 Å². The Balaban J connectivity index is 1.29. The summed E-state index contributed by atoms with van der Waals surface area (Å²) in [5, 5.41) is 3.96. The highest BCUT2D eigenvalue weighted by Crippen LogP contribution is 2.77. The molecule has 7 atom stereocenters. The van der Waals surface area contributed by atoms with Crippen molar-refractivity contribution < 1.29 is 0 Å². The minimum Gasteiger partial charge on any atom is -0.311 e. The van der Waals surface area contributed by atoms with Gasteiger partial charge in [-0.05, 0) is 61.2 Å². The molecule has 13 heavy (non-hydrogen) atoms. The molecule has 6 unspecified atom stereocenters. The van der Waals surface area contributed by atoms with Gasteiger partial charge in [0.05, 0.1) is 0 Å². The van der Waals surface area contributed by atoms with Gasteiger partial charge >= 0.3 is 0 Å². The molecule has 5 rings (SSSR count). The molecule has 5 aliphatic rings. The average molecular weight is 175 g/mol. The van der Waals surface area contributed by atoms with Gasteiger partial charge in [0, 0.05) is 12.1 Å². The van der Waals surface area contributed by atoms with E-state index in [1.165, 1.54) is 30.6 Å². The Morgan fingerprint density at radius 2 is 1.62 bits per heavy atom. The van der Waals surface area contributed by atoms with Gasteiger partial charge in [0.25, 0.3) is 0 Å². The number of hydrogen-bond acceptors (Lipinski definition) is 1. The molecule has 0 bridgehead atoms. The van der Waals surface area contributed by atoms with E-state index in [9.17, 15) is 0 Å². The summed E-state index contributed by atoms with van der Waals surface area (Å²) in [6, 6.07) is 1.94. The Kier molecular flexibility index (Phi) is 0.849. The summed E-state index contributed by atoms with van der Waals surface area (Å²) in [6.07, 6.45) is 6.21. The number of rotatable bonds is 2. The Bertz CT molecular complexity index is 265. The summed E-state index contributed by atoms with van der Waals surface area (Å²) >= 11 is 0. The summed E-state index contributed by atoms with van der Waals surface area (Å²) < 4.78 is 0. The highest BCUT2D eigenvalue weighted by atomic mass is 15.1. The number of nitrogens with one attached hydrogen (secondary N) is 1. The van der Waals surface area contributed by atoms with Crippen LogP contribution >= 0.6 is 0 Å². The fourth-order valence-corrected chi connectivity index (χ4v) is 5.01. The Labute approximate surface area is 79.3 Å². The quantitative estimate of drug-likeness (QED) is 0.672. The molecule has 0 aromatic rings. The molecule has 0 heterocycles. The standard InChI is InChI=1S/C12H17N/c1-5-2-7(3-6(1)5)13-12-9-4-8-10(9)11(8)12/h5-13H,1-4H2/t5?,6?,7?,8?,9?,10?,11-,12?/m0/s1. The second-order valence-electron chi connectivity index (χ2n) is 6.33. The van der Waals surface area contributed by atoms with Crippen LogP contribution in [0.15, 0.2) is 0 Å². The molecule has 1 N–H and O–H groups in total. The lowest BCUT2D eigenvalue weighted by Gasteiger charge is -2.39. The van der Waals surface area contributed by atoms with E-state index in [4.69, 9.17) is 0 Å². The van der Waals surface area contributed by atoms with Gasteiger partial charge in [0.15, 0.2) is 0 Å². The van der Waals surface area contributed by atoms with E-state index in [0.29, 0.717) is 0 Å². The van der Waals surface area contributed by atoms with E-state index in [1.54, 1.807) is 12.8 Å². The minimum absolute atomic E-state index is 0.941. The van der Waals surface area contributed by atoms with Crippen molar-refractivity contribution in [1.82, 2.24) is 5.32 Å². The maximum absolute atomic E-state index is 3.96. The van der Waals surface area contributed by atoms with Crippen LogP contribution in [0.1, 0.15) is 25.7 Å². The first-order valence-electron chi connectivity index (χ1n) is 6.18. The molecular weight excluding hydrogens is 158 g/mol. The summed E-state index contributed by atoms with van der Waals surface area (Å²) in [5.74, 6) is 7.06. The van der Waals surface area contributed by atoms with Crippen molar-refractivity contribution in [1.29, 1.82) is 0 Å². The smallest absolute Gasteiger partial charge is 0.0135 e. The highest BCUT2D eigenvalue weighted by Gasteiger charge is 2.77. The summed E-state index contributed by atoms with van der Waals surface area (Å²) in [6.45, 7) is 0. The first-order valence-corrected chi connectivity index (χ1v) is 6.18. The Morgan fingerprint density at radius 1 is 0.769 bits per heavy atom. The summed E-state index contributed by atoms with van der Waals surface area (Å²) in [5.41, 5.74) is 0. The van der Waals surface area contributed by atoms with Crippen LogP contribution in [0.25, 0.3) is 0 Å². The monoisotopic (exact) mass is 175 g/mol. The molecule has 0 spiro atoms. The number of fused-ring (bicyclic) bond motifs is 2. The molecule has 1 heteroatoms. The first-order chi connectivity index (χ1) is 6.42. The third kappa shape index (κ3) is 0.614. The lowest BCUT2D eigenvalue weighted by Crippen LogP contribution is -2.50. The molecule has 5 aliphatic carbocycles. The van der Waals surface area contributed by atoms with E-state index >= 15 is 0 Å². The van der Waals surface area contributed by atoms with Gasteiger partial charge in [0.2, 0.25) is 0 Å². The van der Waals surface area contributed by atoms with Crippen LogP contribution in [0, 0.1) is 35.5 Å². The van der Waals surface area contributed by atoms with E-state index < -0.39 is 0 Å². The predicted molar refractivity (Wildman–Crippen MR) is 50.1 cm³/mol. The third-order valence-corrected chi connectivity index (χ3v) is 5.88. The largest absolute Gasteiger partial charge is 0.311 e. The van der Waals surface area contributed by atoms with Gasteiger partial charge < -0.3 is 5.32 Å². The van der Waals surface area contributed by atoms with Crippen molar-refractivity contribution in [2.45, 2.75) is 37.8 Å². The second-order valence-corrected chi connectivity index (χ2v) is 6.33. The summed E-state index contributed by atoms with van der Waals surface area (Å²) in [7, 11) is 0. The van der Waals surface area contributed by atoms with Crippen LogP contribution in [-0.4, -0.2) is 12.1 Å². The van der Waals surface area contributed by atoms with E-state index in [1.807, 2.05) is 0 Å². The molecule has 1 nitrogen and oxygen atoms in total. The van der Waals surface area contributed by atoms with Gasteiger partial charge in [-0.2, -0.15) is 0 Å². The maximum atomic E-state index is 3.96. The molecular formula is C12H17N. The zero-order valence-corrected chi connectivity index (χ0v) is 7.95. The third-order valence-electron chi connectivity index (χ3n) is 5.88. The van der Waals surface area contributed by atoms with Crippen LogP contribution in [0.4, 0.5) is 0 Å². The van der Waals surface area contributed by atoms with Gasteiger partial charge in [-0.15, -0.1) is 0 Å². The Hall–Kier alpha value is -0.0400. The van der Waals surface area contributed by atoms with Crippen LogP contribution in [0.5, 0.6) is 0 Å². The first kappa shape index (κ1) is 6.44. The topological polar surface area (TPSA) is 12.0 Å². The van der Waals surface area contributed by atoms with Crippen molar-refractivity contribution >= 4 is 0 Å². The summed E-state index contributed by atoms with van der Waals surface area (Å²) in [4.78, 5) is 0. The van der Waals surface area contributed by atoms with Gasteiger partial charge in [-0.1, -0.05) is 0 Å². The zero-order valence-electron chi connectivity index (χ0n) is 7.95. The van der Waals surface area contributed by atoms with Gasteiger partial charge in [-0.25, -0.2) is 0 Å². The minimum atomic E-state index is 0.941. The van der Waals surface area contributed by atoms with Crippen LogP contribution in [-0.2, 0) is 0 Å². The molecule has 0 saturated heterocycles. The number of hydrogen-bond donors (Lipinski definition) is 1. The van der Waals surface area contributed by atoms with Gasteiger partial charge in [0.1, 0.15) is 0 Å². The Morgan fingerprint density at radius 3 is 2.23 bits per heavy atom. The van der Waals surface area contributed by atoms with Crippen molar-refractivity contribution in [3.8, 4) is 0 Å². The van der Waals surface area contributed by atoms with E-state index in [-0.39, 0.29) is 0 Å². The normalized spacial score (nSPS) is 74.8. The molecule has 0 radical (unpaired) electrons. The fourth-order valence-electron chi connectivity index (χ4n) is 5.01. The molecule has 0 aromatic heterocycles. The van der Waals surface area contributed by atoms with Crippen molar-refractivity contribution in [3.05, 3.63) is 0 Å². The lowest BCUT2D eigenvalue weighted by atomic mass is 9.74. The molecule has 0 amide bonds. The zero-order chi connectivity index (χ0) is 8.15. The fraction of sp³-hybridized carbons (Fsp3) is 1.00. The second kappa shape index (κ2) is 1.71. The molecule has 0 aromatic carbocycles. The molecule has 70 valence electrons. The van der Waals surface area contributed by atoms with Crippen LogP contribution < -0.4 is 5.32 Å². The van der Waals surface area contributed by atoms with E-state index in [2.05, 4.69) is 5.32 Å². The van der Waals surface area contributed by atoms with E-state index in [0.717, 1.165) is 29.8 Å². The van der Waals surface area contributed by atoms with Crippen molar-refractivity contribution in [2.75, 3.05) is 0 Å². The average Bonchev–Trinajstić information content (AvgIpc) is 2.75. The molecule has 0 aliphatic heterocycles. The molecule has 5 saturated carbocycles. The van der Waals surface area contributed by atoms with Crippen LogP contribution in [0.2, 0.25) is 0 Å². The lowest BCUT2D eigenvalue weighted by molar-refractivity contribution is 0.147. The highest BCUT2D eigenvalue weighted by molar-refractivity contribution is 5.28. The SMILES string of the molecule is C1C(NC2C3CC4C3[C@H]42)CC2CC12. The van der Waals surface area contributed by atoms with Crippen LogP contribution in [0.3, 0.4) is 0 Å². The molecule has 5 fully saturated rings. The predicted octanol–water partition coefficient (Wildman–Crippen LogP) is 1.64. The van der Waals surface area contributed by atoms with Crippen molar-refractivity contribution in [3.63, 3.8) is 0 Å². The van der Waals surface area contributed by atoms with Gasteiger partial charge in [-0.3, -0.25) is 0 Å². The maximum Gasteiger partial charge on any atom is 0.0135 e.